The third-order valence-electron chi connectivity index (χ3n) is 2.59. The van der Waals surface area contributed by atoms with Gasteiger partial charge in [0.05, 0.1) is 26.4 Å². The molecule has 0 aromatic rings. The SMILES string of the molecule is CN[C@@H](COCCN1CCOCC1)C(=O)O. The van der Waals surface area contributed by atoms with E-state index in [2.05, 4.69) is 10.2 Å². The minimum absolute atomic E-state index is 0.205. The van der Waals surface area contributed by atoms with Gasteiger partial charge in [0.15, 0.2) is 0 Å². The molecule has 0 radical (unpaired) electrons. The fourth-order valence-corrected chi connectivity index (χ4v) is 1.50. The van der Waals surface area contributed by atoms with Gasteiger partial charge in [0.2, 0.25) is 0 Å². The van der Waals surface area contributed by atoms with Crippen molar-refractivity contribution in [2.75, 3.05) is 53.1 Å². The van der Waals surface area contributed by atoms with Crippen molar-refractivity contribution in [3.63, 3.8) is 0 Å². The Hall–Kier alpha value is -0.690. The highest BCUT2D eigenvalue weighted by Gasteiger charge is 2.15. The quantitative estimate of drug-likeness (QED) is 0.549. The number of carboxylic acids is 1. The van der Waals surface area contributed by atoms with Gasteiger partial charge in [0.1, 0.15) is 6.04 Å². The van der Waals surface area contributed by atoms with Crippen molar-refractivity contribution < 1.29 is 19.4 Å². The van der Waals surface area contributed by atoms with Crippen LogP contribution < -0.4 is 5.32 Å². The van der Waals surface area contributed by atoms with Crippen molar-refractivity contribution in [1.29, 1.82) is 0 Å². The first kappa shape index (κ1) is 13.4. The molecule has 94 valence electrons. The normalized spacial score (nSPS) is 19.6. The van der Waals surface area contributed by atoms with E-state index in [1.54, 1.807) is 7.05 Å². The second kappa shape index (κ2) is 7.56. The van der Waals surface area contributed by atoms with Gasteiger partial charge < -0.3 is 19.9 Å². The molecule has 6 heteroatoms. The van der Waals surface area contributed by atoms with Crippen molar-refractivity contribution in [3.8, 4) is 0 Å². The molecule has 2 N–H and O–H groups in total. The summed E-state index contributed by atoms with van der Waals surface area (Å²) < 4.78 is 10.5. The average molecular weight is 232 g/mol. The summed E-state index contributed by atoms with van der Waals surface area (Å²) in [6, 6.07) is -0.621. The summed E-state index contributed by atoms with van der Waals surface area (Å²) in [5, 5.41) is 11.4. The number of rotatable bonds is 7. The number of likely N-dealkylation sites (N-methyl/N-ethyl adjacent to an activating group) is 1. The summed E-state index contributed by atoms with van der Waals surface area (Å²) in [6.45, 7) is 5.00. The zero-order chi connectivity index (χ0) is 11.8. The van der Waals surface area contributed by atoms with Crippen LogP contribution >= 0.6 is 0 Å². The number of carboxylic acid groups (broad SMARTS) is 1. The summed E-state index contributed by atoms with van der Waals surface area (Å²) in [4.78, 5) is 12.9. The van der Waals surface area contributed by atoms with E-state index in [1.165, 1.54) is 0 Å². The molecule has 0 aromatic carbocycles. The molecule has 1 fully saturated rings. The van der Waals surface area contributed by atoms with Gasteiger partial charge in [-0.1, -0.05) is 0 Å². The van der Waals surface area contributed by atoms with Gasteiger partial charge in [-0.3, -0.25) is 9.69 Å². The van der Waals surface area contributed by atoms with E-state index in [1.807, 2.05) is 0 Å². The predicted octanol–water partition coefficient (Wildman–Crippen LogP) is -0.992. The highest BCUT2D eigenvalue weighted by atomic mass is 16.5. The predicted molar refractivity (Wildman–Crippen MR) is 58.6 cm³/mol. The maximum absolute atomic E-state index is 10.7. The lowest BCUT2D eigenvalue weighted by atomic mass is 10.3. The lowest BCUT2D eigenvalue weighted by molar-refractivity contribution is -0.141. The van der Waals surface area contributed by atoms with Crippen LogP contribution in [0, 0.1) is 0 Å². The monoisotopic (exact) mass is 232 g/mol. The van der Waals surface area contributed by atoms with Crippen LogP contribution in [0.2, 0.25) is 0 Å². The van der Waals surface area contributed by atoms with Crippen LogP contribution in [-0.4, -0.2) is 75.1 Å². The number of aliphatic carboxylic acids is 1. The Kier molecular flexibility index (Phi) is 6.32. The molecule has 1 rings (SSSR count). The van der Waals surface area contributed by atoms with Crippen molar-refractivity contribution in [2.24, 2.45) is 0 Å². The molecular weight excluding hydrogens is 212 g/mol. The summed E-state index contributed by atoms with van der Waals surface area (Å²) >= 11 is 0. The van der Waals surface area contributed by atoms with Crippen molar-refractivity contribution in [3.05, 3.63) is 0 Å². The van der Waals surface area contributed by atoms with Gasteiger partial charge in [-0.2, -0.15) is 0 Å². The third-order valence-corrected chi connectivity index (χ3v) is 2.59. The molecular formula is C10H20N2O4. The van der Waals surface area contributed by atoms with Crippen molar-refractivity contribution in [1.82, 2.24) is 10.2 Å². The fourth-order valence-electron chi connectivity index (χ4n) is 1.50. The summed E-state index contributed by atoms with van der Waals surface area (Å²) in [5.74, 6) is -0.881. The molecule has 1 heterocycles. The first-order valence-electron chi connectivity index (χ1n) is 5.52. The lowest BCUT2D eigenvalue weighted by Gasteiger charge is -2.26. The second-order valence-electron chi connectivity index (χ2n) is 3.71. The van der Waals surface area contributed by atoms with E-state index < -0.39 is 12.0 Å². The number of ether oxygens (including phenoxy) is 2. The molecule has 1 aliphatic rings. The topological polar surface area (TPSA) is 71.0 Å². The van der Waals surface area contributed by atoms with Crippen molar-refractivity contribution >= 4 is 5.97 Å². The minimum Gasteiger partial charge on any atom is -0.480 e. The first-order chi connectivity index (χ1) is 7.74. The molecule has 0 spiro atoms. The first-order valence-corrected chi connectivity index (χ1v) is 5.52. The Bertz CT molecular complexity index is 207. The van der Waals surface area contributed by atoms with Gasteiger partial charge >= 0.3 is 5.97 Å². The molecule has 0 unspecified atom stereocenters. The zero-order valence-electron chi connectivity index (χ0n) is 9.65. The fraction of sp³-hybridized carbons (Fsp3) is 0.900. The molecule has 1 saturated heterocycles. The maximum Gasteiger partial charge on any atom is 0.323 e. The highest BCUT2D eigenvalue weighted by Crippen LogP contribution is 1.96. The molecule has 6 nitrogen and oxygen atoms in total. The summed E-state index contributed by atoms with van der Waals surface area (Å²) in [5.41, 5.74) is 0. The van der Waals surface area contributed by atoms with E-state index in [0.29, 0.717) is 6.61 Å². The minimum atomic E-state index is -0.881. The Morgan fingerprint density at radius 3 is 2.81 bits per heavy atom. The van der Waals surface area contributed by atoms with Crippen LogP contribution in [-0.2, 0) is 14.3 Å². The highest BCUT2D eigenvalue weighted by molar-refractivity contribution is 5.73. The molecule has 0 aliphatic carbocycles. The largest absolute Gasteiger partial charge is 0.480 e. The standard InChI is InChI=1S/C10H20N2O4/c1-11-9(10(13)14)8-16-7-4-12-2-5-15-6-3-12/h9,11H,2-8H2,1H3,(H,13,14)/t9-/m0/s1. The average Bonchev–Trinajstić information content (AvgIpc) is 2.30. The molecule has 1 atom stereocenters. The second-order valence-corrected chi connectivity index (χ2v) is 3.71. The Labute approximate surface area is 95.5 Å². The van der Waals surface area contributed by atoms with Crippen LogP contribution in [0.4, 0.5) is 0 Å². The molecule has 0 bridgehead atoms. The lowest BCUT2D eigenvalue weighted by Crippen LogP contribution is -2.40. The van der Waals surface area contributed by atoms with Gasteiger partial charge in [0.25, 0.3) is 0 Å². The Morgan fingerprint density at radius 2 is 2.25 bits per heavy atom. The van der Waals surface area contributed by atoms with Crippen LogP contribution in [0.5, 0.6) is 0 Å². The number of carbonyl (C=O) groups is 1. The van der Waals surface area contributed by atoms with Gasteiger partial charge in [0, 0.05) is 19.6 Å². The number of hydrogen-bond acceptors (Lipinski definition) is 5. The summed E-state index contributed by atoms with van der Waals surface area (Å²) in [6.07, 6.45) is 0. The van der Waals surface area contributed by atoms with E-state index >= 15 is 0 Å². The van der Waals surface area contributed by atoms with E-state index in [4.69, 9.17) is 14.6 Å². The smallest absolute Gasteiger partial charge is 0.323 e. The van der Waals surface area contributed by atoms with E-state index in [9.17, 15) is 4.79 Å². The molecule has 0 aromatic heterocycles. The van der Waals surface area contributed by atoms with Crippen LogP contribution in [0.25, 0.3) is 0 Å². The number of nitrogens with zero attached hydrogens (tertiary/aromatic N) is 1. The number of morpholine rings is 1. The van der Waals surface area contributed by atoms with Gasteiger partial charge in [-0.05, 0) is 7.05 Å². The van der Waals surface area contributed by atoms with E-state index in [0.717, 1.165) is 32.8 Å². The third kappa shape index (κ3) is 4.89. The Balaban J connectivity index is 2.03. The van der Waals surface area contributed by atoms with Crippen LogP contribution in [0.15, 0.2) is 0 Å². The van der Waals surface area contributed by atoms with Crippen molar-refractivity contribution in [2.45, 2.75) is 6.04 Å². The molecule has 16 heavy (non-hydrogen) atoms. The van der Waals surface area contributed by atoms with Gasteiger partial charge in [-0.15, -0.1) is 0 Å². The molecule has 1 aliphatic heterocycles. The van der Waals surface area contributed by atoms with Crippen LogP contribution in [0.3, 0.4) is 0 Å². The Morgan fingerprint density at radius 1 is 1.56 bits per heavy atom. The van der Waals surface area contributed by atoms with Gasteiger partial charge in [-0.25, -0.2) is 0 Å². The maximum atomic E-state index is 10.7. The molecule has 0 amide bonds. The number of nitrogens with one attached hydrogen (secondary N) is 1. The molecule has 0 saturated carbocycles. The number of hydrogen-bond donors (Lipinski definition) is 2. The van der Waals surface area contributed by atoms with E-state index in [-0.39, 0.29) is 6.61 Å². The zero-order valence-corrected chi connectivity index (χ0v) is 9.65. The summed E-state index contributed by atoms with van der Waals surface area (Å²) in [7, 11) is 1.62. The van der Waals surface area contributed by atoms with Crippen LogP contribution in [0.1, 0.15) is 0 Å².